The van der Waals surface area contributed by atoms with Crippen molar-refractivity contribution >= 4 is 11.9 Å². The van der Waals surface area contributed by atoms with E-state index in [1.54, 1.807) is 14.0 Å². The monoisotopic (exact) mass is 229 g/mol. The molecule has 1 atom stereocenters. The van der Waals surface area contributed by atoms with Gasteiger partial charge in [-0.25, -0.2) is 4.98 Å². The van der Waals surface area contributed by atoms with E-state index in [2.05, 4.69) is 4.98 Å². The molecule has 1 aromatic heterocycles. The summed E-state index contributed by atoms with van der Waals surface area (Å²) in [6.07, 6.45) is 0.792. The number of carboxylic acids is 1. The fraction of sp³-hybridized carbons (Fsp3) is 0.444. The Labute approximate surface area is 92.5 Å². The molecule has 0 radical (unpaired) electrons. The Morgan fingerprint density at radius 1 is 1.56 bits per heavy atom. The molecule has 0 aliphatic heterocycles. The van der Waals surface area contributed by atoms with E-state index in [4.69, 9.17) is 15.6 Å². The van der Waals surface area contributed by atoms with Gasteiger partial charge in [0.2, 0.25) is 0 Å². The SMILES string of the molecule is CC(=O)O.CC(O)c1cnc(C(N)=O)n1C. The van der Waals surface area contributed by atoms with E-state index in [1.807, 2.05) is 0 Å². The lowest BCUT2D eigenvalue weighted by Crippen LogP contribution is -2.17. The summed E-state index contributed by atoms with van der Waals surface area (Å²) in [6.45, 7) is 2.68. The largest absolute Gasteiger partial charge is 0.481 e. The summed E-state index contributed by atoms with van der Waals surface area (Å²) in [6, 6.07) is 0. The van der Waals surface area contributed by atoms with Crippen LogP contribution in [0.25, 0.3) is 0 Å². The van der Waals surface area contributed by atoms with Gasteiger partial charge in [0.1, 0.15) is 0 Å². The minimum Gasteiger partial charge on any atom is -0.481 e. The predicted molar refractivity (Wildman–Crippen MR) is 55.7 cm³/mol. The summed E-state index contributed by atoms with van der Waals surface area (Å²) in [7, 11) is 1.63. The molecule has 1 rings (SSSR count). The smallest absolute Gasteiger partial charge is 0.300 e. The third-order valence-electron chi connectivity index (χ3n) is 1.67. The van der Waals surface area contributed by atoms with Crippen molar-refractivity contribution in [2.75, 3.05) is 0 Å². The minimum absolute atomic E-state index is 0.158. The van der Waals surface area contributed by atoms with E-state index in [-0.39, 0.29) is 5.82 Å². The second-order valence-corrected chi connectivity index (χ2v) is 3.12. The van der Waals surface area contributed by atoms with Crippen molar-refractivity contribution in [1.29, 1.82) is 0 Å². The number of amides is 1. The van der Waals surface area contributed by atoms with Crippen LogP contribution in [0.5, 0.6) is 0 Å². The van der Waals surface area contributed by atoms with Gasteiger partial charge < -0.3 is 20.5 Å². The molecule has 90 valence electrons. The zero-order valence-corrected chi connectivity index (χ0v) is 9.34. The number of rotatable bonds is 2. The van der Waals surface area contributed by atoms with Gasteiger partial charge in [0.25, 0.3) is 11.9 Å². The Morgan fingerprint density at radius 3 is 2.19 bits per heavy atom. The van der Waals surface area contributed by atoms with Crippen LogP contribution in [-0.2, 0) is 11.8 Å². The maximum atomic E-state index is 10.7. The molecule has 1 heterocycles. The molecule has 16 heavy (non-hydrogen) atoms. The lowest BCUT2D eigenvalue weighted by Gasteiger charge is -2.05. The van der Waals surface area contributed by atoms with Crippen LogP contribution in [0.3, 0.4) is 0 Å². The predicted octanol–water partition coefficient (Wildman–Crippen LogP) is -0.337. The van der Waals surface area contributed by atoms with Crippen LogP contribution in [0, 0.1) is 0 Å². The number of primary amides is 1. The lowest BCUT2D eigenvalue weighted by atomic mass is 10.3. The first kappa shape index (κ1) is 14.1. The first-order valence-corrected chi connectivity index (χ1v) is 4.46. The number of hydrogen-bond donors (Lipinski definition) is 3. The normalized spacial score (nSPS) is 11.2. The second-order valence-electron chi connectivity index (χ2n) is 3.12. The van der Waals surface area contributed by atoms with Crippen molar-refractivity contribution in [2.24, 2.45) is 12.8 Å². The van der Waals surface area contributed by atoms with Crippen molar-refractivity contribution in [2.45, 2.75) is 20.0 Å². The number of carboxylic acid groups (broad SMARTS) is 1. The van der Waals surface area contributed by atoms with Crippen LogP contribution in [0.1, 0.15) is 36.3 Å². The number of nitrogens with zero attached hydrogens (tertiary/aromatic N) is 2. The lowest BCUT2D eigenvalue weighted by molar-refractivity contribution is -0.134. The number of carbonyl (C=O) groups excluding carboxylic acids is 1. The van der Waals surface area contributed by atoms with Crippen molar-refractivity contribution < 1.29 is 19.8 Å². The molecule has 1 unspecified atom stereocenters. The van der Waals surface area contributed by atoms with Gasteiger partial charge in [-0.2, -0.15) is 0 Å². The second kappa shape index (κ2) is 5.86. The number of imidazole rings is 1. The number of aromatic nitrogens is 2. The molecule has 0 aliphatic rings. The third-order valence-corrected chi connectivity index (χ3v) is 1.67. The van der Waals surface area contributed by atoms with E-state index < -0.39 is 18.0 Å². The van der Waals surface area contributed by atoms with E-state index in [9.17, 15) is 9.90 Å². The van der Waals surface area contributed by atoms with Crippen molar-refractivity contribution in [3.8, 4) is 0 Å². The summed E-state index contributed by atoms with van der Waals surface area (Å²) in [4.78, 5) is 23.5. The van der Waals surface area contributed by atoms with Crippen LogP contribution >= 0.6 is 0 Å². The fourth-order valence-electron chi connectivity index (χ4n) is 1.04. The van der Waals surface area contributed by atoms with E-state index in [0.717, 1.165) is 6.92 Å². The molecule has 0 spiro atoms. The van der Waals surface area contributed by atoms with Crippen LogP contribution < -0.4 is 5.73 Å². The average molecular weight is 229 g/mol. The average Bonchev–Trinajstić information content (AvgIpc) is 2.45. The fourth-order valence-corrected chi connectivity index (χ4v) is 1.04. The van der Waals surface area contributed by atoms with Gasteiger partial charge >= 0.3 is 0 Å². The first-order valence-electron chi connectivity index (χ1n) is 4.46. The zero-order valence-electron chi connectivity index (χ0n) is 9.34. The minimum atomic E-state index is -0.833. The molecule has 0 saturated carbocycles. The number of nitrogens with two attached hydrogens (primary N) is 1. The molecular formula is C9H15N3O4. The first-order chi connectivity index (χ1) is 7.27. The summed E-state index contributed by atoms with van der Waals surface area (Å²) in [5.41, 5.74) is 5.60. The van der Waals surface area contributed by atoms with Gasteiger partial charge in [-0.3, -0.25) is 9.59 Å². The Morgan fingerprint density at radius 2 is 2.00 bits per heavy atom. The molecule has 0 aliphatic carbocycles. The van der Waals surface area contributed by atoms with Gasteiger partial charge in [-0.1, -0.05) is 0 Å². The molecule has 1 aromatic rings. The molecule has 7 heteroatoms. The molecule has 0 aromatic carbocycles. The van der Waals surface area contributed by atoms with Crippen molar-refractivity contribution in [1.82, 2.24) is 9.55 Å². The number of aliphatic hydroxyl groups is 1. The van der Waals surface area contributed by atoms with Gasteiger partial charge in [-0.05, 0) is 6.92 Å². The third kappa shape index (κ3) is 4.09. The van der Waals surface area contributed by atoms with Crippen LogP contribution in [-0.4, -0.2) is 31.6 Å². The molecule has 0 fully saturated rings. The quantitative estimate of drug-likeness (QED) is 0.641. The highest BCUT2D eigenvalue weighted by Gasteiger charge is 2.13. The molecule has 1 amide bonds. The Hall–Kier alpha value is -1.89. The topological polar surface area (TPSA) is 118 Å². The van der Waals surface area contributed by atoms with Gasteiger partial charge in [0.15, 0.2) is 5.82 Å². The highest BCUT2D eigenvalue weighted by Crippen LogP contribution is 2.11. The summed E-state index contributed by atoms with van der Waals surface area (Å²) < 4.78 is 1.48. The highest BCUT2D eigenvalue weighted by atomic mass is 16.4. The van der Waals surface area contributed by atoms with Gasteiger partial charge in [0.05, 0.1) is 18.0 Å². The molecule has 0 bridgehead atoms. The standard InChI is InChI=1S/C7H11N3O2.C2H4O2/c1-4(11)5-3-9-7(6(8)12)10(5)2;1-2(3)4/h3-4,11H,1-2H3,(H2,8,12);1H3,(H,3,4). The zero-order chi connectivity index (χ0) is 12.9. The maximum Gasteiger partial charge on any atom is 0.300 e. The van der Waals surface area contributed by atoms with Crippen LogP contribution in [0.15, 0.2) is 6.20 Å². The molecule has 0 saturated heterocycles. The Bertz CT molecular complexity index is 380. The number of aliphatic hydroxyl groups excluding tert-OH is 1. The summed E-state index contributed by atoms with van der Waals surface area (Å²) in [5.74, 6) is -1.27. The molecular weight excluding hydrogens is 214 g/mol. The van der Waals surface area contributed by atoms with Crippen molar-refractivity contribution in [3.05, 3.63) is 17.7 Å². The number of aliphatic carboxylic acids is 1. The highest BCUT2D eigenvalue weighted by molar-refractivity contribution is 5.89. The molecule has 7 nitrogen and oxygen atoms in total. The number of hydrogen-bond acceptors (Lipinski definition) is 4. The van der Waals surface area contributed by atoms with E-state index >= 15 is 0 Å². The van der Waals surface area contributed by atoms with E-state index in [1.165, 1.54) is 10.8 Å². The van der Waals surface area contributed by atoms with Crippen LogP contribution in [0.2, 0.25) is 0 Å². The summed E-state index contributed by atoms with van der Waals surface area (Å²) >= 11 is 0. The summed E-state index contributed by atoms with van der Waals surface area (Å²) in [5, 5.41) is 16.6. The van der Waals surface area contributed by atoms with Gasteiger partial charge in [0, 0.05) is 14.0 Å². The Balaban J connectivity index is 0.000000487. The Kier molecular flexibility index (Phi) is 5.17. The van der Waals surface area contributed by atoms with Crippen LogP contribution in [0.4, 0.5) is 0 Å². The van der Waals surface area contributed by atoms with E-state index in [0.29, 0.717) is 5.69 Å². The van der Waals surface area contributed by atoms with Crippen molar-refractivity contribution in [3.63, 3.8) is 0 Å². The molecule has 4 N–H and O–H groups in total. The van der Waals surface area contributed by atoms with Gasteiger partial charge in [-0.15, -0.1) is 0 Å². The maximum absolute atomic E-state index is 10.7. The number of carbonyl (C=O) groups is 2.